The third-order valence-electron chi connectivity index (χ3n) is 3.02. The summed E-state index contributed by atoms with van der Waals surface area (Å²) in [4.78, 5) is 21.3. The highest BCUT2D eigenvalue weighted by Gasteiger charge is 2.16. The van der Waals surface area contributed by atoms with Crippen LogP contribution in [-0.2, 0) is 6.42 Å². The van der Waals surface area contributed by atoms with E-state index in [2.05, 4.69) is 15.3 Å². The Bertz CT molecular complexity index is 793. The molecule has 5 nitrogen and oxygen atoms in total. The van der Waals surface area contributed by atoms with E-state index in [0.717, 1.165) is 21.8 Å². The molecule has 0 aromatic carbocycles. The number of rotatable bonds is 4. The van der Waals surface area contributed by atoms with Crippen molar-refractivity contribution in [3.05, 3.63) is 39.3 Å². The maximum absolute atomic E-state index is 12.2. The predicted molar refractivity (Wildman–Crippen MR) is 86.9 cm³/mol. The summed E-state index contributed by atoms with van der Waals surface area (Å²) in [6.45, 7) is 2.51. The highest BCUT2D eigenvalue weighted by Crippen LogP contribution is 2.31. The van der Waals surface area contributed by atoms with Gasteiger partial charge in [0, 0.05) is 24.5 Å². The first-order chi connectivity index (χ1) is 10.1. The van der Waals surface area contributed by atoms with Crippen LogP contribution in [-0.4, -0.2) is 22.4 Å². The molecule has 0 aliphatic rings. The van der Waals surface area contributed by atoms with Crippen molar-refractivity contribution in [2.45, 2.75) is 13.3 Å². The number of hydrogen-bond acceptors (Lipinski definition) is 6. The number of hydrogen-bond donors (Lipinski definition) is 2. The Hall–Kier alpha value is -1.99. The second-order valence-corrected chi connectivity index (χ2v) is 6.67. The van der Waals surface area contributed by atoms with Gasteiger partial charge in [-0.2, -0.15) is 0 Å². The SMILES string of the molecule is Cc1nc(CCNC(=O)c2sc3cccnc3c2N)cs1. The minimum absolute atomic E-state index is 0.151. The first kappa shape index (κ1) is 14.0. The fourth-order valence-electron chi connectivity index (χ4n) is 2.02. The molecule has 3 aromatic heterocycles. The quantitative estimate of drug-likeness (QED) is 0.775. The number of nitrogens with two attached hydrogens (primary N) is 1. The molecule has 3 N–H and O–H groups in total. The van der Waals surface area contributed by atoms with Gasteiger partial charge < -0.3 is 11.1 Å². The van der Waals surface area contributed by atoms with Gasteiger partial charge in [-0.15, -0.1) is 22.7 Å². The summed E-state index contributed by atoms with van der Waals surface area (Å²) in [5, 5.41) is 5.94. The summed E-state index contributed by atoms with van der Waals surface area (Å²) in [5.41, 5.74) is 8.16. The summed E-state index contributed by atoms with van der Waals surface area (Å²) in [6.07, 6.45) is 2.40. The van der Waals surface area contributed by atoms with Crippen LogP contribution in [0, 0.1) is 6.92 Å². The normalized spacial score (nSPS) is 10.9. The van der Waals surface area contributed by atoms with Crippen molar-refractivity contribution in [1.82, 2.24) is 15.3 Å². The molecular weight excluding hydrogens is 304 g/mol. The number of fused-ring (bicyclic) bond motifs is 1. The minimum Gasteiger partial charge on any atom is -0.396 e. The Balaban J connectivity index is 1.68. The lowest BCUT2D eigenvalue weighted by molar-refractivity contribution is 0.0959. The van der Waals surface area contributed by atoms with Crippen molar-refractivity contribution in [3.63, 3.8) is 0 Å². The summed E-state index contributed by atoms with van der Waals surface area (Å²) < 4.78 is 0.926. The molecule has 0 unspecified atom stereocenters. The highest BCUT2D eigenvalue weighted by molar-refractivity contribution is 7.21. The van der Waals surface area contributed by atoms with Gasteiger partial charge in [-0.1, -0.05) is 0 Å². The fraction of sp³-hybridized carbons (Fsp3) is 0.214. The topological polar surface area (TPSA) is 80.9 Å². The van der Waals surface area contributed by atoms with E-state index >= 15 is 0 Å². The van der Waals surface area contributed by atoms with Crippen molar-refractivity contribution in [2.24, 2.45) is 0 Å². The van der Waals surface area contributed by atoms with E-state index < -0.39 is 0 Å². The molecule has 21 heavy (non-hydrogen) atoms. The monoisotopic (exact) mass is 318 g/mol. The second-order valence-electron chi connectivity index (χ2n) is 4.56. The van der Waals surface area contributed by atoms with E-state index in [-0.39, 0.29) is 5.91 Å². The average Bonchev–Trinajstić information content (AvgIpc) is 3.03. The number of aryl methyl sites for hydroxylation is 1. The van der Waals surface area contributed by atoms with E-state index in [9.17, 15) is 4.79 Å². The van der Waals surface area contributed by atoms with Crippen molar-refractivity contribution in [1.29, 1.82) is 0 Å². The lowest BCUT2D eigenvalue weighted by Crippen LogP contribution is -2.25. The molecule has 0 radical (unpaired) electrons. The molecule has 108 valence electrons. The molecule has 0 aliphatic heterocycles. The molecule has 0 atom stereocenters. The van der Waals surface area contributed by atoms with Gasteiger partial charge in [0.2, 0.25) is 0 Å². The zero-order valence-corrected chi connectivity index (χ0v) is 13.1. The number of aromatic nitrogens is 2. The van der Waals surface area contributed by atoms with Crippen LogP contribution >= 0.6 is 22.7 Å². The van der Waals surface area contributed by atoms with Gasteiger partial charge >= 0.3 is 0 Å². The number of nitrogens with zero attached hydrogens (tertiary/aromatic N) is 2. The summed E-state index contributed by atoms with van der Waals surface area (Å²) in [5.74, 6) is -0.151. The number of carbonyl (C=O) groups is 1. The molecule has 0 bridgehead atoms. The van der Waals surface area contributed by atoms with E-state index in [4.69, 9.17) is 5.73 Å². The Morgan fingerprint density at radius 1 is 1.48 bits per heavy atom. The zero-order valence-electron chi connectivity index (χ0n) is 11.4. The van der Waals surface area contributed by atoms with Crippen LogP contribution in [0.15, 0.2) is 23.7 Å². The van der Waals surface area contributed by atoms with Crippen LogP contribution in [0.5, 0.6) is 0 Å². The van der Waals surface area contributed by atoms with E-state index in [0.29, 0.717) is 22.6 Å². The smallest absolute Gasteiger partial charge is 0.263 e. The fourth-order valence-corrected chi connectivity index (χ4v) is 3.67. The first-order valence-electron chi connectivity index (χ1n) is 6.47. The second kappa shape index (κ2) is 5.79. The standard InChI is InChI=1S/C14H14N4OS2/c1-8-18-9(7-20-8)4-6-17-14(19)13-11(15)12-10(21-13)3-2-5-16-12/h2-3,5,7H,4,6,15H2,1H3,(H,17,19). The van der Waals surface area contributed by atoms with E-state index in [1.807, 2.05) is 24.4 Å². The highest BCUT2D eigenvalue weighted by atomic mass is 32.1. The molecule has 1 amide bonds. The molecule has 7 heteroatoms. The Kier molecular flexibility index (Phi) is 3.85. The van der Waals surface area contributed by atoms with Gasteiger partial charge in [0.1, 0.15) is 10.4 Å². The number of amides is 1. The Morgan fingerprint density at radius 3 is 3.05 bits per heavy atom. The summed E-state index contributed by atoms with van der Waals surface area (Å²) >= 11 is 2.98. The number of thiophene rings is 1. The summed E-state index contributed by atoms with van der Waals surface area (Å²) in [6, 6.07) is 3.75. The van der Waals surface area contributed by atoms with Crippen LogP contribution < -0.4 is 11.1 Å². The molecule has 0 saturated heterocycles. The number of thiazole rings is 1. The van der Waals surface area contributed by atoms with E-state index in [1.54, 1.807) is 17.5 Å². The van der Waals surface area contributed by atoms with Gasteiger partial charge in [-0.05, 0) is 19.1 Å². The van der Waals surface area contributed by atoms with E-state index in [1.165, 1.54) is 11.3 Å². The molecule has 3 aromatic rings. The third kappa shape index (κ3) is 2.88. The first-order valence-corrected chi connectivity index (χ1v) is 8.17. The van der Waals surface area contributed by atoms with Gasteiger partial charge in [-0.3, -0.25) is 9.78 Å². The Labute approximate surface area is 129 Å². The van der Waals surface area contributed by atoms with Crippen LogP contribution in [0.25, 0.3) is 10.2 Å². The van der Waals surface area contributed by atoms with Crippen LogP contribution in [0.4, 0.5) is 5.69 Å². The van der Waals surface area contributed by atoms with Crippen molar-refractivity contribution < 1.29 is 4.79 Å². The third-order valence-corrected chi connectivity index (χ3v) is 5.00. The van der Waals surface area contributed by atoms with Gasteiger partial charge in [-0.25, -0.2) is 4.98 Å². The van der Waals surface area contributed by atoms with Crippen molar-refractivity contribution >= 4 is 44.5 Å². The van der Waals surface area contributed by atoms with Crippen LogP contribution in [0.2, 0.25) is 0 Å². The molecule has 3 heterocycles. The molecular formula is C14H14N4OS2. The molecule has 0 saturated carbocycles. The zero-order chi connectivity index (χ0) is 14.8. The number of anilines is 1. The van der Waals surface area contributed by atoms with Gasteiger partial charge in [0.05, 0.1) is 21.1 Å². The predicted octanol–water partition coefficient (Wildman–Crippen LogP) is 2.62. The Morgan fingerprint density at radius 2 is 2.33 bits per heavy atom. The lowest BCUT2D eigenvalue weighted by atomic mass is 10.3. The number of nitrogen functional groups attached to an aromatic ring is 1. The van der Waals surface area contributed by atoms with Crippen LogP contribution in [0.1, 0.15) is 20.4 Å². The molecule has 3 rings (SSSR count). The maximum atomic E-state index is 12.2. The molecule has 0 spiro atoms. The van der Waals surface area contributed by atoms with Gasteiger partial charge in [0.15, 0.2) is 0 Å². The number of pyridine rings is 1. The van der Waals surface area contributed by atoms with Crippen molar-refractivity contribution in [3.8, 4) is 0 Å². The number of nitrogens with one attached hydrogen (secondary N) is 1. The summed E-state index contributed by atoms with van der Waals surface area (Å²) in [7, 11) is 0. The van der Waals surface area contributed by atoms with Crippen LogP contribution in [0.3, 0.4) is 0 Å². The minimum atomic E-state index is -0.151. The average molecular weight is 318 g/mol. The molecule has 0 aliphatic carbocycles. The maximum Gasteiger partial charge on any atom is 0.263 e. The van der Waals surface area contributed by atoms with Gasteiger partial charge in [0.25, 0.3) is 5.91 Å². The van der Waals surface area contributed by atoms with Crippen molar-refractivity contribution in [2.75, 3.05) is 12.3 Å². The largest absolute Gasteiger partial charge is 0.396 e. The lowest BCUT2D eigenvalue weighted by Gasteiger charge is -2.02. The molecule has 0 fully saturated rings. The number of carbonyl (C=O) groups excluding carboxylic acids is 1.